The van der Waals surface area contributed by atoms with Crippen LogP contribution in [0.2, 0.25) is 0 Å². The summed E-state index contributed by atoms with van der Waals surface area (Å²) >= 11 is 0. The second-order valence-electron chi connectivity index (χ2n) is 10.5. The first-order valence-corrected chi connectivity index (χ1v) is 12.3. The van der Waals surface area contributed by atoms with Gasteiger partial charge in [-0.2, -0.15) is 13.2 Å². The van der Waals surface area contributed by atoms with Crippen molar-refractivity contribution in [2.75, 3.05) is 7.11 Å². The highest BCUT2D eigenvalue weighted by molar-refractivity contribution is 5.98. The molecule has 4 N–H and O–H groups in total. The molecule has 39 heavy (non-hydrogen) atoms. The number of rotatable bonds is 6. The van der Waals surface area contributed by atoms with Crippen LogP contribution in [0.1, 0.15) is 68.5 Å². The van der Waals surface area contributed by atoms with Gasteiger partial charge in [0.1, 0.15) is 23.1 Å². The van der Waals surface area contributed by atoms with Gasteiger partial charge in [0.2, 0.25) is 5.89 Å². The molecule has 1 aliphatic rings. The Morgan fingerprint density at radius 1 is 1.13 bits per heavy atom. The Kier molecular flexibility index (Phi) is 7.48. The van der Waals surface area contributed by atoms with E-state index in [2.05, 4.69) is 20.6 Å². The largest absolute Gasteiger partial charge is 0.494 e. The molecule has 1 fully saturated rings. The zero-order valence-electron chi connectivity index (χ0n) is 22.1. The van der Waals surface area contributed by atoms with Gasteiger partial charge in [0.05, 0.1) is 13.2 Å². The van der Waals surface area contributed by atoms with E-state index in [1.165, 1.54) is 19.2 Å². The predicted molar refractivity (Wildman–Crippen MR) is 135 cm³/mol. The van der Waals surface area contributed by atoms with Crippen LogP contribution >= 0.6 is 0 Å². The number of alkyl carbamates (subject to hydrolysis) is 1. The molecule has 0 bridgehead atoms. The topological polar surface area (TPSA) is 142 Å². The van der Waals surface area contributed by atoms with Crippen LogP contribution < -0.4 is 21.1 Å². The summed E-state index contributed by atoms with van der Waals surface area (Å²) in [7, 11) is 1.32. The molecule has 2 amide bonds. The number of halogens is 3. The van der Waals surface area contributed by atoms with E-state index in [1.54, 1.807) is 13.0 Å². The number of nitrogens with two attached hydrogens (primary N) is 1. The van der Waals surface area contributed by atoms with Crippen molar-refractivity contribution in [3.63, 3.8) is 0 Å². The molecule has 0 saturated heterocycles. The summed E-state index contributed by atoms with van der Waals surface area (Å²) in [4.78, 5) is 33.1. The van der Waals surface area contributed by atoms with Crippen molar-refractivity contribution in [1.82, 2.24) is 20.6 Å². The average Bonchev–Trinajstić information content (AvgIpc) is 3.25. The molecule has 2 heterocycles. The molecule has 13 heteroatoms. The summed E-state index contributed by atoms with van der Waals surface area (Å²) < 4.78 is 56.2. The Morgan fingerprint density at radius 2 is 1.82 bits per heavy atom. The lowest BCUT2D eigenvalue weighted by Gasteiger charge is -2.35. The Labute approximate surface area is 222 Å². The Balaban J connectivity index is 1.56. The quantitative estimate of drug-likeness (QED) is 0.401. The zero-order chi connectivity index (χ0) is 28.7. The van der Waals surface area contributed by atoms with E-state index < -0.39 is 35.5 Å². The number of oxazole rings is 1. The second kappa shape index (κ2) is 10.4. The summed E-state index contributed by atoms with van der Waals surface area (Å²) in [5.41, 5.74) is 4.77. The van der Waals surface area contributed by atoms with Crippen LogP contribution in [-0.2, 0) is 10.9 Å². The first-order chi connectivity index (χ1) is 18.2. The molecule has 1 atom stereocenters. The fraction of sp³-hybridized carbons (Fsp3) is 0.462. The molecule has 4 rings (SSSR count). The first kappa shape index (κ1) is 28.1. The van der Waals surface area contributed by atoms with Gasteiger partial charge in [-0.3, -0.25) is 4.79 Å². The van der Waals surface area contributed by atoms with Crippen LogP contribution in [0.25, 0.3) is 22.4 Å². The number of ether oxygens (including phenoxy) is 2. The van der Waals surface area contributed by atoms with Gasteiger partial charge in [-0.15, -0.1) is 0 Å². The SMILES string of the molecule is COc1ccc(-c2nc(C(=O)N[C@H]3C[C@@H](OC(=O)NC(C)(C)C)C3)c([C@H](C)N)o2)c2ccc(C(F)(F)F)nc12. The van der Waals surface area contributed by atoms with Gasteiger partial charge in [-0.25, -0.2) is 14.8 Å². The van der Waals surface area contributed by atoms with E-state index in [0.29, 0.717) is 23.8 Å². The van der Waals surface area contributed by atoms with Crippen LogP contribution in [0.3, 0.4) is 0 Å². The van der Waals surface area contributed by atoms with Gasteiger partial charge < -0.3 is 30.3 Å². The smallest absolute Gasteiger partial charge is 0.433 e. The minimum Gasteiger partial charge on any atom is -0.494 e. The predicted octanol–water partition coefficient (Wildman–Crippen LogP) is 4.72. The molecular weight excluding hydrogens is 519 g/mol. The van der Waals surface area contributed by atoms with E-state index in [4.69, 9.17) is 19.6 Å². The van der Waals surface area contributed by atoms with Crippen molar-refractivity contribution in [3.8, 4) is 17.2 Å². The molecule has 0 radical (unpaired) electrons. The Bertz CT molecular complexity index is 1390. The number of benzene rings is 1. The van der Waals surface area contributed by atoms with E-state index in [1.807, 2.05) is 20.8 Å². The highest BCUT2D eigenvalue weighted by atomic mass is 19.4. The molecule has 0 unspecified atom stereocenters. The van der Waals surface area contributed by atoms with Crippen LogP contribution in [0.4, 0.5) is 18.0 Å². The van der Waals surface area contributed by atoms with Crippen LogP contribution in [-0.4, -0.2) is 46.8 Å². The number of carbonyl (C=O) groups is 2. The summed E-state index contributed by atoms with van der Waals surface area (Å²) in [6.07, 6.45) is -4.65. The molecule has 2 aromatic heterocycles. The standard InChI is InChI=1S/C26H30F3N5O5/c1-12(30)21-20(22(35)31-13-10-14(11-13)38-24(36)34-25(2,3)4)33-23(39-21)16-6-8-17(37-5)19-15(16)7-9-18(32-19)26(27,28)29/h6-9,12-14H,10-11,30H2,1-5H3,(H,31,35)(H,34,36)/t12-,13-,14+/m0/s1. The first-order valence-electron chi connectivity index (χ1n) is 12.3. The van der Waals surface area contributed by atoms with Gasteiger partial charge in [-0.1, -0.05) is 0 Å². The van der Waals surface area contributed by atoms with Crippen molar-refractivity contribution in [1.29, 1.82) is 0 Å². The van der Waals surface area contributed by atoms with Gasteiger partial charge in [0.25, 0.3) is 5.91 Å². The highest BCUT2D eigenvalue weighted by Crippen LogP contribution is 2.37. The van der Waals surface area contributed by atoms with E-state index >= 15 is 0 Å². The molecule has 1 aliphatic carbocycles. The number of nitrogens with zero attached hydrogens (tertiary/aromatic N) is 2. The van der Waals surface area contributed by atoms with Crippen molar-refractivity contribution in [2.24, 2.45) is 5.73 Å². The number of pyridine rings is 1. The minimum atomic E-state index is -4.65. The maximum atomic E-state index is 13.3. The molecule has 0 aliphatic heterocycles. The number of hydrogen-bond donors (Lipinski definition) is 3. The lowest BCUT2D eigenvalue weighted by Crippen LogP contribution is -2.50. The number of carbonyl (C=O) groups excluding carboxylic acids is 2. The third kappa shape index (κ3) is 6.24. The fourth-order valence-electron chi connectivity index (χ4n) is 4.14. The van der Waals surface area contributed by atoms with E-state index in [9.17, 15) is 22.8 Å². The summed E-state index contributed by atoms with van der Waals surface area (Å²) in [5, 5.41) is 5.84. The van der Waals surface area contributed by atoms with E-state index in [0.717, 1.165) is 6.07 Å². The number of aromatic nitrogens is 2. The number of fused-ring (bicyclic) bond motifs is 1. The third-order valence-electron chi connectivity index (χ3n) is 6.02. The number of methoxy groups -OCH3 is 1. The molecule has 0 spiro atoms. The normalized spacial score (nSPS) is 18.3. The summed E-state index contributed by atoms with van der Waals surface area (Å²) in [6, 6.07) is 4.16. The Hall–Kier alpha value is -3.87. The number of hydrogen-bond acceptors (Lipinski definition) is 8. The van der Waals surface area contributed by atoms with Crippen LogP contribution in [0.5, 0.6) is 5.75 Å². The van der Waals surface area contributed by atoms with Gasteiger partial charge in [0, 0.05) is 35.4 Å². The van der Waals surface area contributed by atoms with Crippen LogP contribution in [0, 0.1) is 0 Å². The highest BCUT2D eigenvalue weighted by Gasteiger charge is 2.36. The van der Waals surface area contributed by atoms with Gasteiger partial charge in [0.15, 0.2) is 11.5 Å². The number of amides is 2. The summed E-state index contributed by atoms with van der Waals surface area (Å²) in [6.45, 7) is 7.13. The van der Waals surface area contributed by atoms with Crippen molar-refractivity contribution >= 4 is 22.9 Å². The van der Waals surface area contributed by atoms with Crippen molar-refractivity contribution < 1.29 is 36.7 Å². The molecular formula is C26H30F3N5O5. The lowest BCUT2D eigenvalue weighted by molar-refractivity contribution is -0.140. The second-order valence-corrected chi connectivity index (χ2v) is 10.5. The molecule has 10 nitrogen and oxygen atoms in total. The molecule has 1 saturated carbocycles. The van der Waals surface area contributed by atoms with Crippen molar-refractivity contribution in [3.05, 3.63) is 41.4 Å². The summed E-state index contributed by atoms with van der Waals surface area (Å²) in [5.74, 6) is -0.289. The zero-order valence-corrected chi connectivity index (χ0v) is 22.1. The van der Waals surface area contributed by atoms with Crippen molar-refractivity contribution in [2.45, 2.75) is 70.4 Å². The number of nitrogens with one attached hydrogen (secondary N) is 2. The van der Waals surface area contributed by atoms with Gasteiger partial charge >= 0.3 is 12.3 Å². The number of alkyl halides is 3. The molecule has 3 aromatic rings. The maximum absolute atomic E-state index is 13.3. The minimum absolute atomic E-state index is 0.00432. The fourth-order valence-corrected chi connectivity index (χ4v) is 4.14. The maximum Gasteiger partial charge on any atom is 0.433 e. The third-order valence-corrected chi connectivity index (χ3v) is 6.02. The average molecular weight is 550 g/mol. The van der Waals surface area contributed by atoms with Crippen LogP contribution in [0.15, 0.2) is 28.7 Å². The lowest BCUT2D eigenvalue weighted by atomic mass is 9.89. The Morgan fingerprint density at radius 3 is 2.41 bits per heavy atom. The molecule has 1 aromatic carbocycles. The monoisotopic (exact) mass is 549 g/mol. The molecule has 210 valence electrons. The van der Waals surface area contributed by atoms with E-state index in [-0.39, 0.29) is 40.8 Å². The van der Waals surface area contributed by atoms with Gasteiger partial charge in [-0.05, 0) is 52.0 Å².